The van der Waals surface area contributed by atoms with Gasteiger partial charge in [-0.05, 0) is 6.26 Å². The average Bonchev–Trinajstić information content (AvgIpc) is 2.84. The van der Waals surface area contributed by atoms with E-state index in [1.54, 1.807) is 35.9 Å². The Morgan fingerprint density at radius 3 is 3.33 bits per heavy atom. The van der Waals surface area contributed by atoms with Crippen LogP contribution in [0.5, 0.6) is 0 Å². The summed E-state index contributed by atoms with van der Waals surface area (Å²) in [6.07, 6.45) is 5.58. The minimum atomic E-state index is 0.0830. The van der Waals surface area contributed by atoms with Crippen molar-refractivity contribution in [3.63, 3.8) is 0 Å². The van der Waals surface area contributed by atoms with Crippen LogP contribution in [-0.2, 0) is 4.79 Å². The van der Waals surface area contributed by atoms with Crippen molar-refractivity contribution >= 4 is 29.4 Å². The number of hydrogen-bond donors (Lipinski definition) is 1. The second-order valence-electron chi connectivity index (χ2n) is 3.22. The fraction of sp³-hybridized carbons (Fsp3) is 0.556. The standard InChI is InChI=1S/C9H13N3OS2/c1-14-5-4-12-7(13)6-15-9(12)8-10-2-3-11-8/h2-3,9H,4-6H2,1H3,(H,10,11). The molecule has 1 fully saturated rings. The molecule has 4 nitrogen and oxygen atoms in total. The highest BCUT2D eigenvalue weighted by atomic mass is 32.2. The van der Waals surface area contributed by atoms with Crippen LogP contribution in [0.15, 0.2) is 12.4 Å². The second-order valence-corrected chi connectivity index (χ2v) is 5.27. The topological polar surface area (TPSA) is 49.0 Å². The zero-order valence-electron chi connectivity index (χ0n) is 8.47. The molecule has 1 N–H and O–H groups in total. The minimum Gasteiger partial charge on any atom is -0.346 e. The molecule has 1 amide bonds. The SMILES string of the molecule is CSCCN1C(=O)CSC1c1ncc[nH]1. The van der Waals surface area contributed by atoms with Crippen LogP contribution in [0.2, 0.25) is 0 Å². The zero-order chi connectivity index (χ0) is 10.7. The van der Waals surface area contributed by atoms with E-state index < -0.39 is 0 Å². The Morgan fingerprint density at radius 2 is 2.67 bits per heavy atom. The van der Waals surface area contributed by atoms with Crippen LogP contribution in [-0.4, -0.2) is 45.1 Å². The number of rotatable bonds is 4. The molecule has 15 heavy (non-hydrogen) atoms. The van der Waals surface area contributed by atoms with Gasteiger partial charge in [-0.1, -0.05) is 0 Å². The van der Waals surface area contributed by atoms with Gasteiger partial charge in [0.1, 0.15) is 11.2 Å². The molecule has 0 aromatic carbocycles. The summed E-state index contributed by atoms with van der Waals surface area (Å²) >= 11 is 3.40. The molecule has 2 rings (SSSR count). The molecule has 0 aliphatic carbocycles. The molecule has 0 bridgehead atoms. The average molecular weight is 243 g/mol. The van der Waals surface area contributed by atoms with Crippen LogP contribution in [0, 0.1) is 0 Å². The quantitative estimate of drug-likeness (QED) is 0.867. The second kappa shape index (κ2) is 4.94. The first-order valence-electron chi connectivity index (χ1n) is 4.72. The number of aromatic amines is 1. The van der Waals surface area contributed by atoms with Gasteiger partial charge in [-0.25, -0.2) is 4.98 Å². The molecule has 6 heteroatoms. The van der Waals surface area contributed by atoms with Crippen molar-refractivity contribution in [2.45, 2.75) is 5.37 Å². The highest BCUT2D eigenvalue weighted by Gasteiger charge is 2.33. The van der Waals surface area contributed by atoms with Crippen LogP contribution in [0.1, 0.15) is 11.2 Å². The molecule has 1 atom stereocenters. The maximum atomic E-state index is 11.6. The number of aromatic nitrogens is 2. The third kappa shape index (κ3) is 2.31. The molecule has 82 valence electrons. The number of nitrogens with zero attached hydrogens (tertiary/aromatic N) is 2. The summed E-state index contributed by atoms with van der Waals surface area (Å²) in [5.41, 5.74) is 0. The van der Waals surface area contributed by atoms with Crippen molar-refractivity contribution in [1.29, 1.82) is 0 Å². The van der Waals surface area contributed by atoms with Crippen LogP contribution in [0.25, 0.3) is 0 Å². The highest BCUT2D eigenvalue weighted by Crippen LogP contribution is 2.36. The number of amides is 1. The van der Waals surface area contributed by atoms with Crippen LogP contribution in [0.3, 0.4) is 0 Å². The third-order valence-electron chi connectivity index (χ3n) is 2.26. The summed E-state index contributed by atoms with van der Waals surface area (Å²) < 4.78 is 0. The summed E-state index contributed by atoms with van der Waals surface area (Å²) in [6, 6.07) is 0. The van der Waals surface area contributed by atoms with Gasteiger partial charge in [0.25, 0.3) is 0 Å². The maximum absolute atomic E-state index is 11.6. The van der Waals surface area contributed by atoms with Gasteiger partial charge < -0.3 is 9.88 Å². The molecule has 2 heterocycles. The number of nitrogens with one attached hydrogen (secondary N) is 1. The summed E-state index contributed by atoms with van der Waals surface area (Å²) in [4.78, 5) is 20.8. The van der Waals surface area contributed by atoms with E-state index in [1.165, 1.54) is 0 Å². The molecule has 0 radical (unpaired) electrons. The first-order valence-corrected chi connectivity index (χ1v) is 7.16. The van der Waals surface area contributed by atoms with Crippen molar-refractivity contribution in [1.82, 2.24) is 14.9 Å². The summed E-state index contributed by atoms with van der Waals surface area (Å²) in [5, 5.41) is 0.0830. The maximum Gasteiger partial charge on any atom is 0.233 e. The first-order chi connectivity index (χ1) is 7.33. The van der Waals surface area contributed by atoms with Crippen LogP contribution in [0.4, 0.5) is 0 Å². The highest BCUT2D eigenvalue weighted by molar-refractivity contribution is 8.00. The molecule has 1 aromatic heterocycles. The Kier molecular flexibility index (Phi) is 3.58. The lowest BCUT2D eigenvalue weighted by atomic mass is 10.4. The lowest BCUT2D eigenvalue weighted by molar-refractivity contribution is -0.127. The van der Waals surface area contributed by atoms with Crippen molar-refractivity contribution in [3.8, 4) is 0 Å². The van der Waals surface area contributed by atoms with Gasteiger partial charge in [-0.3, -0.25) is 4.79 Å². The number of hydrogen-bond acceptors (Lipinski definition) is 4. The zero-order valence-corrected chi connectivity index (χ0v) is 10.1. The molecule has 1 unspecified atom stereocenters. The molecule has 0 spiro atoms. The number of imidazole rings is 1. The summed E-state index contributed by atoms with van der Waals surface area (Å²) in [5.74, 6) is 2.64. The summed E-state index contributed by atoms with van der Waals surface area (Å²) in [6.45, 7) is 0.804. The fourth-order valence-corrected chi connectivity index (χ4v) is 3.06. The molecular formula is C9H13N3OS2. The predicted molar refractivity (Wildman–Crippen MR) is 63.9 cm³/mol. The van der Waals surface area contributed by atoms with E-state index in [2.05, 4.69) is 16.2 Å². The molecule has 1 aliphatic rings. The normalized spacial score (nSPS) is 21.3. The van der Waals surface area contributed by atoms with Gasteiger partial charge >= 0.3 is 0 Å². The van der Waals surface area contributed by atoms with Crippen LogP contribution >= 0.6 is 23.5 Å². The molecular weight excluding hydrogens is 230 g/mol. The van der Waals surface area contributed by atoms with E-state index in [0.717, 1.165) is 18.1 Å². The fourth-order valence-electron chi connectivity index (χ4n) is 1.52. The van der Waals surface area contributed by atoms with E-state index in [9.17, 15) is 4.79 Å². The number of thioether (sulfide) groups is 2. The molecule has 0 saturated carbocycles. The molecule has 1 aliphatic heterocycles. The Bertz CT molecular complexity index is 328. The first kappa shape index (κ1) is 10.9. The largest absolute Gasteiger partial charge is 0.346 e. The van der Waals surface area contributed by atoms with Gasteiger partial charge in [-0.2, -0.15) is 11.8 Å². The Balaban J connectivity index is 2.07. The Hall–Kier alpha value is -0.620. The van der Waals surface area contributed by atoms with E-state index in [0.29, 0.717) is 5.75 Å². The van der Waals surface area contributed by atoms with Crippen molar-refractivity contribution in [2.75, 3.05) is 24.3 Å². The van der Waals surface area contributed by atoms with Crippen LogP contribution < -0.4 is 0 Å². The lowest BCUT2D eigenvalue weighted by Crippen LogP contribution is -2.30. The minimum absolute atomic E-state index is 0.0830. The van der Waals surface area contributed by atoms with Gasteiger partial charge in [0.05, 0.1) is 5.75 Å². The smallest absolute Gasteiger partial charge is 0.233 e. The summed E-state index contributed by atoms with van der Waals surface area (Å²) in [7, 11) is 0. The van der Waals surface area contributed by atoms with Gasteiger partial charge in [0, 0.05) is 24.7 Å². The number of carbonyl (C=O) groups excluding carboxylic acids is 1. The van der Waals surface area contributed by atoms with E-state index in [1.807, 2.05) is 4.90 Å². The van der Waals surface area contributed by atoms with Crippen molar-refractivity contribution in [2.24, 2.45) is 0 Å². The van der Waals surface area contributed by atoms with E-state index in [4.69, 9.17) is 0 Å². The van der Waals surface area contributed by atoms with Gasteiger partial charge in [0.2, 0.25) is 5.91 Å². The predicted octanol–water partition coefficient (Wildman–Crippen LogP) is 1.35. The Labute approximate surface area is 97.2 Å². The van der Waals surface area contributed by atoms with Crippen molar-refractivity contribution < 1.29 is 4.79 Å². The Morgan fingerprint density at radius 1 is 1.80 bits per heavy atom. The van der Waals surface area contributed by atoms with Gasteiger partial charge in [-0.15, -0.1) is 11.8 Å². The number of H-pyrrole nitrogens is 1. The van der Waals surface area contributed by atoms with E-state index in [-0.39, 0.29) is 11.3 Å². The molecule has 1 saturated heterocycles. The monoisotopic (exact) mass is 243 g/mol. The van der Waals surface area contributed by atoms with E-state index >= 15 is 0 Å². The lowest BCUT2D eigenvalue weighted by Gasteiger charge is -2.21. The van der Waals surface area contributed by atoms with Gasteiger partial charge in [0.15, 0.2) is 0 Å². The number of carbonyl (C=O) groups is 1. The van der Waals surface area contributed by atoms with Crippen molar-refractivity contribution in [3.05, 3.63) is 18.2 Å². The third-order valence-corrected chi connectivity index (χ3v) is 4.06. The molecule has 1 aromatic rings.